The Morgan fingerprint density at radius 2 is 1.81 bits per heavy atom. The molecule has 3 nitrogen and oxygen atoms in total. The van der Waals surface area contributed by atoms with Gasteiger partial charge in [0.1, 0.15) is 0 Å². The van der Waals surface area contributed by atoms with Crippen molar-refractivity contribution in [3.05, 3.63) is 0 Å². The zero-order valence-corrected chi connectivity index (χ0v) is 11.4. The summed E-state index contributed by atoms with van der Waals surface area (Å²) >= 11 is 1.11. The lowest BCUT2D eigenvalue weighted by atomic mass is 9.93. The number of carbonyl (C=O) groups is 2. The SMILES string of the molecule is CCC(CC)CCC(=O)C(C)(SC)C(=O)O. The Kier molecular flexibility index (Phi) is 6.72. The van der Waals surface area contributed by atoms with Gasteiger partial charge >= 0.3 is 5.97 Å². The van der Waals surface area contributed by atoms with E-state index < -0.39 is 10.7 Å². The second-order valence-electron chi connectivity index (χ2n) is 4.19. The number of thioether (sulfide) groups is 1. The summed E-state index contributed by atoms with van der Waals surface area (Å²) < 4.78 is -1.27. The molecule has 1 unspecified atom stereocenters. The minimum Gasteiger partial charge on any atom is -0.480 e. The molecule has 0 saturated heterocycles. The molecule has 94 valence electrons. The average molecular weight is 246 g/mol. The van der Waals surface area contributed by atoms with Crippen molar-refractivity contribution >= 4 is 23.5 Å². The molecule has 0 fully saturated rings. The number of carbonyl (C=O) groups excluding carboxylic acids is 1. The molecule has 0 heterocycles. The number of aliphatic carboxylic acids is 1. The number of carboxylic acids is 1. The van der Waals surface area contributed by atoms with Crippen molar-refractivity contribution in [3.63, 3.8) is 0 Å². The minimum absolute atomic E-state index is 0.167. The highest BCUT2D eigenvalue weighted by atomic mass is 32.2. The van der Waals surface area contributed by atoms with E-state index in [1.54, 1.807) is 6.26 Å². The van der Waals surface area contributed by atoms with Crippen molar-refractivity contribution in [1.29, 1.82) is 0 Å². The van der Waals surface area contributed by atoms with Crippen LogP contribution in [0.4, 0.5) is 0 Å². The van der Waals surface area contributed by atoms with E-state index in [4.69, 9.17) is 5.11 Å². The third-order valence-electron chi connectivity index (χ3n) is 3.28. The molecule has 0 radical (unpaired) electrons. The summed E-state index contributed by atoms with van der Waals surface area (Å²) in [5, 5.41) is 9.04. The molecule has 4 heteroatoms. The Morgan fingerprint density at radius 1 is 1.31 bits per heavy atom. The van der Waals surface area contributed by atoms with Gasteiger partial charge in [-0.15, -0.1) is 11.8 Å². The Hall–Kier alpha value is -0.510. The average Bonchev–Trinajstić information content (AvgIpc) is 2.28. The van der Waals surface area contributed by atoms with Crippen molar-refractivity contribution < 1.29 is 14.7 Å². The van der Waals surface area contributed by atoms with E-state index in [1.165, 1.54) is 6.92 Å². The molecule has 0 saturated carbocycles. The highest BCUT2D eigenvalue weighted by Crippen LogP contribution is 2.27. The first-order valence-electron chi connectivity index (χ1n) is 5.74. The molecular formula is C12H22O3S. The second-order valence-corrected chi connectivity index (χ2v) is 5.41. The summed E-state index contributed by atoms with van der Waals surface area (Å²) in [6, 6.07) is 0. The lowest BCUT2D eigenvalue weighted by Gasteiger charge is -2.21. The number of Topliss-reactive ketones (excluding diaryl/α,β-unsaturated/α-hetero) is 1. The van der Waals surface area contributed by atoms with Gasteiger partial charge in [-0.1, -0.05) is 26.7 Å². The first-order valence-corrected chi connectivity index (χ1v) is 6.96. The van der Waals surface area contributed by atoms with Crippen LogP contribution in [-0.4, -0.2) is 27.9 Å². The van der Waals surface area contributed by atoms with Crippen molar-refractivity contribution in [2.24, 2.45) is 5.92 Å². The van der Waals surface area contributed by atoms with Crippen LogP contribution in [0.1, 0.15) is 46.5 Å². The number of hydrogen-bond acceptors (Lipinski definition) is 3. The van der Waals surface area contributed by atoms with Gasteiger partial charge in [-0.2, -0.15) is 0 Å². The summed E-state index contributed by atoms with van der Waals surface area (Å²) in [5.41, 5.74) is 0. The fourth-order valence-corrected chi connectivity index (χ4v) is 2.10. The third kappa shape index (κ3) is 3.81. The predicted molar refractivity (Wildman–Crippen MR) is 67.9 cm³/mol. The molecule has 0 spiro atoms. The standard InChI is InChI=1S/C12H22O3S/c1-5-9(6-2)7-8-10(13)12(3,16-4)11(14)15/h9H,5-8H2,1-4H3,(H,14,15). The van der Waals surface area contributed by atoms with E-state index in [0.29, 0.717) is 12.3 Å². The van der Waals surface area contributed by atoms with E-state index in [2.05, 4.69) is 13.8 Å². The maximum absolute atomic E-state index is 11.9. The van der Waals surface area contributed by atoms with Gasteiger partial charge < -0.3 is 5.11 Å². The van der Waals surface area contributed by atoms with Crippen LogP contribution in [0.2, 0.25) is 0 Å². The Labute approximate surface area is 102 Å². The van der Waals surface area contributed by atoms with E-state index in [9.17, 15) is 9.59 Å². The van der Waals surface area contributed by atoms with Gasteiger partial charge in [0, 0.05) is 6.42 Å². The van der Waals surface area contributed by atoms with Gasteiger partial charge in [-0.25, -0.2) is 0 Å². The zero-order valence-electron chi connectivity index (χ0n) is 10.6. The van der Waals surface area contributed by atoms with Crippen LogP contribution < -0.4 is 0 Å². The molecule has 0 amide bonds. The maximum Gasteiger partial charge on any atom is 0.327 e. The molecular weight excluding hydrogens is 224 g/mol. The van der Waals surface area contributed by atoms with E-state index in [1.807, 2.05) is 0 Å². The van der Waals surface area contributed by atoms with Crippen LogP contribution in [0.25, 0.3) is 0 Å². The van der Waals surface area contributed by atoms with Crippen molar-refractivity contribution in [3.8, 4) is 0 Å². The Bertz CT molecular complexity index is 249. The van der Waals surface area contributed by atoms with Gasteiger partial charge in [0.05, 0.1) is 0 Å². The van der Waals surface area contributed by atoms with Gasteiger partial charge in [-0.3, -0.25) is 9.59 Å². The van der Waals surface area contributed by atoms with Gasteiger partial charge in [0.15, 0.2) is 10.5 Å². The van der Waals surface area contributed by atoms with Crippen LogP contribution in [0.5, 0.6) is 0 Å². The number of carboxylic acid groups (broad SMARTS) is 1. The summed E-state index contributed by atoms with van der Waals surface area (Å²) in [6.07, 6.45) is 4.94. The van der Waals surface area contributed by atoms with Crippen molar-refractivity contribution in [2.75, 3.05) is 6.26 Å². The van der Waals surface area contributed by atoms with Gasteiger partial charge in [-0.05, 0) is 25.5 Å². The Morgan fingerprint density at radius 3 is 2.12 bits per heavy atom. The van der Waals surface area contributed by atoms with E-state index in [0.717, 1.165) is 31.0 Å². The second kappa shape index (κ2) is 6.94. The molecule has 0 aliphatic carbocycles. The Balaban J connectivity index is 4.39. The first kappa shape index (κ1) is 15.5. The van der Waals surface area contributed by atoms with Crippen LogP contribution in [0.3, 0.4) is 0 Å². The van der Waals surface area contributed by atoms with Crippen LogP contribution in [0, 0.1) is 5.92 Å². The fraction of sp³-hybridized carbons (Fsp3) is 0.833. The van der Waals surface area contributed by atoms with Crippen molar-refractivity contribution in [2.45, 2.75) is 51.2 Å². The summed E-state index contributed by atoms with van der Waals surface area (Å²) in [5.74, 6) is -0.669. The molecule has 0 bridgehead atoms. The first-order chi connectivity index (χ1) is 7.42. The fourth-order valence-electron chi connectivity index (χ4n) is 1.59. The largest absolute Gasteiger partial charge is 0.480 e. The lowest BCUT2D eigenvalue weighted by molar-refractivity contribution is -0.143. The molecule has 1 N–H and O–H groups in total. The maximum atomic E-state index is 11.9. The normalized spacial score (nSPS) is 14.8. The third-order valence-corrected chi connectivity index (χ3v) is 4.50. The predicted octanol–water partition coefficient (Wildman–Crippen LogP) is 2.98. The number of ketones is 1. The molecule has 1 atom stereocenters. The van der Waals surface area contributed by atoms with Crippen molar-refractivity contribution in [1.82, 2.24) is 0 Å². The van der Waals surface area contributed by atoms with E-state index in [-0.39, 0.29) is 5.78 Å². The van der Waals surface area contributed by atoms with E-state index >= 15 is 0 Å². The van der Waals surface area contributed by atoms with Crippen LogP contribution in [0.15, 0.2) is 0 Å². The molecule has 0 aromatic rings. The molecule has 0 aliphatic rings. The molecule has 0 aromatic heterocycles. The molecule has 0 aliphatic heterocycles. The highest BCUT2D eigenvalue weighted by Gasteiger charge is 2.39. The van der Waals surface area contributed by atoms with Crippen LogP contribution >= 0.6 is 11.8 Å². The molecule has 0 aromatic carbocycles. The minimum atomic E-state index is -1.27. The summed E-state index contributed by atoms with van der Waals surface area (Å²) in [7, 11) is 0. The molecule has 0 rings (SSSR count). The van der Waals surface area contributed by atoms with Crippen LogP contribution in [-0.2, 0) is 9.59 Å². The zero-order chi connectivity index (χ0) is 12.8. The number of hydrogen-bond donors (Lipinski definition) is 1. The number of rotatable bonds is 8. The van der Waals surface area contributed by atoms with Gasteiger partial charge in [0.25, 0.3) is 0 Å². The van der Waals surface area contributed by atoms with Gasteiger partial charge in [0.2, 0.25) is 0 Å². The quantitative estimate of drug-likeness (QED) is 0.669. The smallest absolute Gasteiger partial charge is 0.327 e. The topological polar surface area (TPSA) is 54.4 Å². The summed E-state index contributed by atoms with van der Waals surface area (Å²) in [4.78, 5) is 22.9. The summed E-state index contributed by atoms with van der Waals surface area (Å²) in [6.45, 7) is 5.70. The lowest BCUT2D eigenvalue weighted by Crippen LogP contribution is -2.40. The molecule has 16 heavy (non-hydrogen) atoms. The monoisotopic (exact) mass is 246 g/mol. The highest BCUT2D eigenvalue weighted by molar-refractivity contribution is 8.01.